The molecule has 1 aromatic carbocycles. The highest BCUT2D eigenvalue weighted by atomic mass is 35.5. The zero-order chi connectivity index (χ0) is 20.8. The number of hydrogen-bond acceptors (Lipinski definition) is 8. The van der Waals surface area contributed by atoms with Gasteiger partial charge in [-0.2, -0.15) is 0 Å². The first kappa shape index (κ1) is 21.6. The number of benzene rings is 1. The minimum absolute atomic E-state index is 0.109. The number of esters is 1. The van der Waals surface area contributed by atoms with Crippen molar-refractivity contribution >= 4 is 52.5 Å². The van der Waals surface area contributed by atoms with Crippen LogP contribution in [0.3, 0.4) is 0 Å². The van der Waals surface area contributed by atoms with Gasteiger partial charge in [0, 0.05) is 0 Å². The number of amides is 3. The predicted octanol–water partition coefficient (Wildman–Crippen LogP) is 1.81. The molecule has 3 amide bonds. The van der Waals surface area contributed by atoms with E-state index >= 15 is 0 Å². The Bertz CT molecular complexity index is 856. The number of nitrogens with two attached hydrogens (primary N) is 1. The smallest absolute Gasteiger partial charge is 0.326 e. The quantitative estimate of drug-likeness (QED) is 0.490. The van der Waals surface area contributed by atoms with Crippen LogP contribution in [0.5, 0.6) is 11.5 Å². The monoisotopic (exact) mass is 428 g/mol. The average Bonchev–Trinajstić information content (AvgIpc) is 2.87. The van der Waals surface area contributed by atoms with Crippen molar-refractivity contribution < 1.29 is 33.4 Å². The van der Waals surface area contributed by atoms with Gasteiger partial charge in [0.2, 0.25) is 0 Å². The summed E-state index contributed by atoms with van der Waals surface area (Å²) in [6.45, 7) is 0.925. The molecule has 11 heteroatoms. The van der Waals surface area contributed by atoms with E-state index < -0.39 is 29.6 Å². The molecule has 1 fully saturated rings. The molecule has 0 spiro atoms. The molecule has 0 unspecified atom stereocenters. The Hall–Kier alpha value is -2.72. The standard InChI is InChI=1S/C17H17ClN2O7S/c1-3-26-14(22)7-20-16(23)12(28-17(20)24)6-9-4-10(18)15(11(5-9)25-2)27-8-13(19)21/h4-6H,3,7-8H2,1-2H3,(H2,19,21)/b12-6-. The first-order valence-corrected chi connectivity index (χ1v) is 9.15. The van der Waals surface area contributed by atoms with E-state index in [9.17, 15) is 19.2 Å². The molecule has 2 rings (SSSR count). The van der Waals surface area contributed by atoms with Crippen molar-refractivity contribution in [3.63, 3.8) is 0 Å². The zero-order valence-electron chi connectivity index (χ0n) is 15.0. The number of thioether (sulfide) groups is 1. The molecule has 1 aliphatic heterocycles. The number of rotatable bonds is 8. The van der Waals surface area contributed by atoms with Gasteiger partial charge in [0.25, 0.3) is 17.1 Å². The maximum absolute atomic E-state index is 12.4. The van der Waals surface area contributed by atoms with Gasteiger partial charge >= 0.3 is 5.97 Å². The number of nitrogens with zero attached hydrogens (tertiary/aromatic N) is 1. The van der Waals surface area contributed by atoms with Gasteiger partial charge in [-0.3, -0.25) is 24.1 Å². The molecular formula is C17H17ClN2O7S. The van der Waals surface area contributed by atoms with Crippen LogP contribution < -0.4 is 15.2 Å². The highest BCUT2D eigenvalue weighted by Crippen LogP contribution is 2.38. The van der Waals surface area contributed by atoms with Gasteiger partial charge in [0.05, 0.1) is 23.6 Å². The van der Waals surface area contributed by atoms with Gasteiger partial charge in [-0.15, -0.1) is 0 Å². The number of imide groups is 1. The van der Waals surface area contributed by atoms with E-state index in [0.717, 1.165) is 4.90 Å². The third-order valence-corrected chi connectivity index (χ3v) is 4.56. The van der Waals surface area contributed by atoms with Crippen LogP contribution in [0.4, 0.5) is 4.79 Å². The van der Waals surface area contributed by atoms with Crippen LogP contribution in [0, 0.1) is 0 Å². The lowest BCUT2D eigenvalue weighted by atomic mass is 10.1. The van der Waals surface area contributed by atoms with Crippen molar-refractivity contribution in [2.24, 2.45) is 5.73 Å². The molecule has 28 heavy (non-hydrogen) atoms. The van der Waals surface area contributed by atoms with Crippen LogP contribution >= 0.6 is 23.4 Å². The van der Waals surface area contributed by atoms with E-state index in [1.807, 2.05) is 0 Å². The topological polar surface area (TPSA) is 125 Å². The maximum Gasteiger partial charge on any atom is 0.326 e. The zero-order valence-corrected chi connectivity index (χ0v) is 16.6. The molecule has 1 heterocycles. The lowest BCUT2D eigenvalue weighted by Crippen LogP contribution is -2.34. The highest BCUT2D eigenvalue weighted by molar-refractivity contribution is 8.18. The number of carbonyl (C=O) groups excluding carboxylic acids is 4. The Morgan fingerprint density at radius 2 is 2.04 bits per heavy atom. The molecule has 0 aliphatic carbocycles. The van der Waals surface area contributed by atoms with Crippen molar-refractivity contribution in [1.29, 1.82) is 0 Å². The number of hydrogen-bond donors (Lipinski definition) is 1. The van der Waals surface area contributed by atoms with Crippen LogP contribution in [0.2, 0.25) is 5.02 Å². The normalized spacial score (nSPS) is 15.1. The molecule has 9 nitrogen and oxygen atoms in total. The minimum atomic E-state index is -0.683. The predicted molar refractivity (Wildman–Crippen MR) is 102 cm³/mol. The van der Waals surface area contributed by atoms with Crippen molar-refractivity contribution in [2.75, 3.05) is 26.9 Å². The summed E-state index contributed by atoms with van der Waals surface area (Å²) in [7, 11) is 1.37. The summed E-state index contributed by atoms with van der Waals surface area (Å²) in [5.41, 5.74) is 5.50. The number of methoxy groups -OCH3 is 1. The SMILES string of the molecule is CCOC(=O)CN1C(=O)S/C(=C\c2cc(Cl)c(OCC(N)=O)c(OC)c2)C1=O. The molecule has 0 atom stereocenters. The summed E-state index contributed by atoms with van der Waals surface area (Å²) < 4.78 is 15.2. The Kier molecular flexibility index (Phi) is 7.30. The Balaban J connectivity index is 2.26. The third-order valence-electron chi connectivity index (χ3n) is 3.37. The van der Waals surface area contributed by atoms with E-state index in [1.54, 1.807) is 6.92 Å². The first-order chi connectivity index (χ1) is 13.3. The second kappa shape index (κ2) is 9.47. The van der Waals surface area contributed by atoms with Crippen LogP contribution in [-0.2, 0) is 19.1 Å². The number of carbonyl (C=O) groups is 4. The van der Waals surface area contributed by atoms with Crippen molar-refractivity contribution in [3.05, 3.63) is 27.6 Å². The molecule has 0 aromatic heterocycles. The molecule has 1 aliphatic rings. The van der Waals surface area contributed by atoms with Crippen molar-refractivity contribution in [1.82, 2.24) is 4.90 Å². The molecule has 1 aromatic rings. The van der Waals surface area contributed by atoms with Gasteiger partial charge in [0.15, 0.2) is 18.1 Å². The van der Waals surface area contributed by atoms with Crippen molar-refractivity contribution in [3.8, 4) is 11.5 Å². The third kappa shape index (κ3) is 5.17. The van der Waals surface area contributed by atoms with Crippen molar-refractivity contribution in [2.45, 2.75) is 6.92 Å². The van der Waals surface area contributed by atoms with E-state index in [4.69, 9.17) is 31.5 Å². The summed E-state index contributed by atoms with van der Waals surface area (Å²) in [5.74, 6) is -1.64. The number of primary amides is 1. The van der Waals surface area contributed by atoms with Crippen LogP contribution in [0.15, 0.2) is 17.0 Å². The summed E-state index contributed by atoms with van der Waals surface area (Å²) in [6, 6.07) is 2.99. The summed E-state index contributed by atoms with van der Waals surface area (Å²) in [4.78, 5) is 47.8. The lowest BCUT2D eigenvalue weighted by molar-refractivity contribution is -0.146. The second-order valence-electron chi connectivity index (χ2n) is 5.36. The maximum atomic E-state index is 12.4. The molecule has 0 saturated carbocycles. The number of ether oxygens (including phenoxy) is 3. The van der Waals surface area contributed by atoms with E-state index in [1.165, 1.54) is 25.3 Å². The fourth-order valence-corrected chi connectivity index (χ4v) is 3.34. The number of halogens is 1. The summed E-state index contributed by atoms with van der Waals surface area (Å²) in [6.07, 6.45) is 1.43. The van der Waals surface area contributed by atoms with Gasteiger partial charge in [-0.25, -0.2) is 0 Å². The first-order valence-electron chi connectivity index (χ1n) is 7.96. The Morgan fingerprint density at radius 1 is 1.32 bits per heavy atom. The van der Waals surface area contributed by atoms with Crippen LogP contribution in [0.1, 0.15) is 12.5 Å². The summed E-state index contributed by atoms with van der Waals surface area (Å²) in [5, 5.41) is -0.457. The fraction of sp³-hybridized carbons (Fsp3) is 0.294. The van der Waals surface area contributed by atoms with Gasteiger partial charge < -0.3 is 19.9 Å². The lowest BCUT2D eigenvalue weighted by Gasteiger charge is -2.12. The van der Waals surface area contributed by atoms with Gasteiger partial charge in [-0.05, 0) is 42.5 Å². The molecule has 0 bridgehead atoms. The molecule has 0 radical (unpaired) electrons. The van der Waals surface area contributed by atoms with Crippen LogP contribution in [-0.4, -0.2) is 54.8 Å². The van der Waals surface area contributed by atoms with Gasteiger partial charge in [-0.1, -0.05) is 11.6 Å². The second-order valence-corrected chi connectivity index (χ2v) is 6.76. The highest BCUT2D eigenvalue weighted by Gasteiger charge is 2.36. The van der Waals surface area contributed by atoms with Crippen LogP contribution in [0.25, 0.3) is 6.08 Å². The fourth-order valence-electron chi connectivity index (χ4n) is 2.23. The van der Waals surface area contributed by atoms with Gasteiger partial charge in [0.1, 0.15) is 6.54 Å². The Labute approximate surface area is 169 Å². The Morgan fingerprint density at radius 3 is 2.64 bits per heavy atom. The minimum Gasteiger partial charge on any atom is -0.493 e. The average molecular weight is 429 g/mol. The van der Waals surface area contributed by atoms with E-state index in [2.05, 4.69) is 0 Å². The molecule has 150 valence electrons. The van der Waals surface area contributed by atoms with E-state index in [-0.39, 0.29) is 34.6 Å². The summed E-state index contributed by atoms with van der Waals surface area (Å²) >= 11 is 6.85. The largest absolute Gasteiger partial charge is 0.493 e. The molecular weight excluding hydrogens is 412 g/mol. The molecule has 1 saturated heterocycles. The molecule has 2 N–H and O–H groups in total. The van der Waals surface area contributed by atoms with E-state index in [0.29, 0.717) is 17.3 Å².